The number of hydrogen-bond donors (Lipinski definition) is 4. The summed E-state index contributed by atoms with van der Waals surface area (Å²) >= 11 is 5.97. The van der Waals surface area contributed by atoms with Gasteiger partial charge in [-0.25, -0.2) is 0 Å². The van der Waals surface area contributed by atoms with Gasteiger partial charge in [-0.2, -0.15) is 0 Å². The monoisotopic (exact) mass is 434 g/mol. The van der Waals surface area contributed by atoms with Gasteiger partial charge < -0.3 is 30.3 Å². The van der Waals surface area contributed by atoms with Gasteiger partial charge in [0.25, 0.3) is 0 Å². The predicted octanol–water partition coefficient (Wildman–Crippen LogP) is 1.63. The van der Waals surface area contributed by atoms with Crippen molar-refractivity contribution in [1.82, 2.24) is 10.6 Å². The smallest absolute Gasteiger partial charge is 0.222 e. The Balaban J connectivity index is 1.42. The van der Waals surface area contributed by atoms with Crippen molar-refractivity contribution < 1.29 is 24.5 Å². The average molecular weight is 435 g/mol. The number of hydrogen-bond acceptors (Lipinski definition) is 6. The van der Waals surface area contributed by atoms with E-state index in [-0.39, 0.29) is 12.3 Å². The number of carbonyl (C=O) groups excluding carboxylic acids is 1. The maximum atomic E-state index is 12.2. The lowest BCUT2D eigenvalue weighted by atomic mass is 10.1. The number of amides is 1. The third-order valence-corrected chi connectivity index (χ3v) is 5.30. The lowest BCUT2D eigenvalue weighted by Crippen LogP contribution is -2.38. The number of carbonyl (C=O) groups is 1. The molecule has 0 radical (unpaired) electrons. The van der Waals surface area contributed by atoms with E-state index in [2.05, 4.69) is 10.6 Å². The van der Waals surface area contributed by atoms with E-state index < -0.39 is 24.4 Å². The number of ether oxygens (including phenoxy) is 2. The molecule has 0 bridgehead atoms. The van der Waals surface area contributed by atoms with Crippen LogP contribution in [0, 0.1) is 0 Å². The second-order valence-corrected chi connectivity index (χ2v) is 7.72. The van der Waals surface area contributed by atoms with Gasteiger partial charge in [-0.3, -0.25) is 4.79 Å². The molecule has 4 unspecified atom stereocenters. The minimum atomic E-state index is -1.12. The van der Waals surface area contributed by atoms with Gasteiger partial charge >= 0.3 is 0 Å². The fourth-order valence-corrected chi connectivity index (χ4v) is 3.58. The Morgan fingerprint density at radius 3 is 2.50 bits per heavy atom. The van der Waals surface area contributed by atoms with Crippen molar-refractivity contribution in [3.8, 4) is 5.75 Å². The van der Waals surface area contributed by atoms with Crippen molar-refractivity contribution in [2.24, 2.45) is 0 Å². The minimum Gasteiger partial charge on any atom is -0.497 e. The van der Waals surface area contributed by atoms with E-state index in [1.165, 1.54) is 0 Å². The summed E-state index contributed by atoms with van der Waals surface area (Å²) < 4.78 is 10.8. The van der Waals surface area contributed by atoms with Crippen molar-refractivity contribution in [2.45, 2.75) is 43.9 Å². The molecule has 0 saturated carbocycles. The van der Waals surface area contributed by atoms with E-state index in [1.807, 2.05) is 42.5 Å². The van der Waals surface area contributed by atoms with Crippen LogP contribution >= 0.6 is 11.6 Å². The van der Waals surface area contributed by atoms with Crippen molar-refractivity contribution in [3.63, 3.8) is 0 Å². The second-order valence-electron chi connectivity index (χ2n) is 7.28. The number of aliphatic hydroxyl groups is 2. The van der Waals surface area contributed by atoms with Crippen LogP contribution in [0.2, 0.25) is 5.02 Å². The third kappa shape index (κ3) is 6.17. The summed E-state index contributed by atoms with van der Waals surface area (Å²) in [7, 11) is 1.60. The minimum absolute atomic E-state index is 0.0286. The first-order chi connectivity index (χ1) is 14.5. The topological polar surface area (TPSA) is 100 Å². The molecule has 162 valence electrons. The predicted molar refractivity (Wildman–Crippen MR) is 113 cm³/mol. The van der Waals surface area contributed by atoms with Crippen LogP contribution in [0.25, 0.3) is 0 Å². The maximum Gasteiger partial charge on any atom is 0.222 e. The molecule has 4 atom stereocenters. The molecule has 0 spiro atoms. The number of nitrogens with one attached hydrogen (secondary N) is 2. The number of benzene rings is 2. The van der Waals surface area contributed by atoms with Gasteiger partial charge in [0.1, 0.15) is 18.0 Å². The Bertz CT molecular complexity index is 833. The number of halogens is 1. The average Bonchev–Trinajstić information content (AvgIpc) is 3.00. The number of rotatable bonds is 9. The van der Waals surface area contributed by atoms with E-state index in [0.29, 0.717) is 24.7 Å². The van der Waals surface area contributed by atoms with Gasteiger partial charge in [0.2, 0.25) is 5.91 Å². The molecule has 0 aliphatic carbocycles. The quantitative estimate of drug-likeness (QED) is 0.478. The molecule has 1 saturated heterocycles. The standard InChI is InChI=1S/C22H27ClN2O5/c1-29-17-7-5-14(6-8-17)12-25-20(26)10-18-21(27)22(28)19(30-18)13-24-11-15-3-2-4-16(23)9-15/h2-9,18-19,21-22,24,27-28H,10-13H2,1H3,(H,25,26). The van der Waals surface area contributed by atoms with Crippen LogP contribution in [0.1, 0.15) is 17.5 Å². The van der Waals surface area contributed by atoms with Gasteiger partial charge in [-0.05, 0) is 35.4 Å². The Kier molecular flexibility index (Phi) is 8.07. The molecule has 3 rings (SSSR count). The van der Waals surface area contributed by atoms with Crippen molar-refractivity contribution in [3.05, 3.63) is 64.7 Å². The van der Waals surface area contributed by atoms with Crippen LogP contribution < -0.4 is 15.4 Å². The van der Waals surface area contributed by atoms with Gasteiger partial charge in [0, 0.05) is 24.7 Å². The largest absolute Gasteiger partial charge is 0.497 e. The Labute approximate surface area is 181 Å². The molecule has 1 heterocycles. The van der Waals surface area contributed by atoms with Gasteiger partial charge in [0.05, 0.1) is 25.7 Å². The summed E-state index contributed by atoms with van der Waals surface area (Å²) in [6.07, 6.45) is -3.56. The van der Waals surface area contributed by atoms with E-state index >= 15 is 0 Å². The van der Waals surface area contributed by atoms with Gasteiger partial charge in [-0.1, -0.05) is 35.9 Å². The molecule has 2 aromatic rings. The van der Waals surface area contributed by atoms with Crippen LogP contribution in [0.5, 0.6) is 5.75 Å². The molecule has 1 amide bonds. The zero-order valence-corrected chi connectivity index (χ0v) is 17.5. The fraction of sp³-hybridized carbons (Fsp3) is 0.409. The van der Waals surface area contributed by atoms with Crippen LogP contribution in [0.15, 0.2) is 48.5 Å². The Morgan fingerprint density at radius 2 is 1.80 bits per heavy atom. The Morgan fingerprint density at radius 1 is 1.07 bits per heavy atom. The molecular weight excluding hydrogens is 408 g/mol. The first-order valence-electron chi connectivity index (χ1n) is 9.82. The summed E-state index contributed by atoms with van der Waals surface area (Å²) in [6, 6.07) is 14.8. The molecule has 4 N–H and O–H groups in total. The van der Waals surface area contributed by atoms with E-state index in [9.17, 15) is 15.0 Å². The second kappa shape index (κ2) is 10.7. The van der Waals surface area contributed by atoms with Crippen molar-refractivity contribution in [1.29, 1.82) is 0 Å². The van der Waals surface area contributed by atoms with Crippen LogP contribution in [-0.4, -0.2) is 54.2 Å². The highest BCUT2D eigenvalue weighted by atomic mass is 35.5. The highest BCUT2D eigenvalue weighted by Gasteiger charge is 2.42. The SMILES string of the molecule is COc1ccc(CNC(=O)CC2OC(CNCc3cccc(Cl)c3)C(O)C2O)cc1. The number of aliphatic hydroxyl groups excluding tert-OH is 2. The fourth-order valence-electron chi connectivity index (χ4n) is 3.37. The summed E-state index contributed by atoms with van der Waals surface area (Å²) in [5, 5.41) is 27.2. The zero-order chi connectivity index (χ0) is 21.5. The molecule has 1 aliphatic rings. The highest BCUT2D eigenvalue weighted by molar-refractivity contribution is 6.30. The summed E-state index contributed by atoms with van der Waals surface area (Å²) in [5.74, 6) is 0.492. The van der Waals surface area contributed by atoms with Crippen molar-refractivity contribution in [2.75, 3.05) is 13.7 Å². The van der Waals surface area contributed by atoms with Crippen LogP contribution in [0.3, 0.4) is 0 Å². The first-order valence-corrected chi connectivity index (χ1v) is 10.2. The van der Waals surface area contributed by atoms with E-state index in [0.717, 1.165) is 16.9 Å². The van der Waals surface area contributed by atoms with E-state index in [1.54, 1.807) is 13.2 Å². The molecule has 7 nitrogen and oxygen atoms in total. The van der Waals surface area contributed by atoms with Crippen molar-refractivity contribution >= 4 is 17.5 Å². The molecule has 8 heteroatoms. The van der Waals surface area contributed by atoms with Gasteiger partial charge in [0.15, 0.2) is 0 Å². The van der Waals surface area contributed by atoms with Gasteiger partial charge in [-0.15, -0.1) is 0 Å². The lowest BCUT2D eigenvalue weighted by Gasteiger charge is -2.15. The van der Waals surface area contributed by atoms with E-state index in [4.69, 9.17) is 21.1 Å². The summed E-state index contributed by atoms with van der Waals surface area (Å²) in [6.45, 7) is 1.25. The molecule has 30 heavy (non-hydrogen) atoms. The molecule has 2 aromatic carbocycles. The zero-order valence-electron chi connectivity index (χ0n) is 16.8. The Hall–Kier alpha value is -2.16. The highest BCUT2D eigenvalue weighted by Crippen LogP contribution is 2.23. The maximum absolute atomic E-state index is 12.2. The first kappa shape index (κ1) is 22.5. The lowest BCUT2D eigenvalue weighted by molar-refractivity contribution is -0.125. The molecule has 1 aliphatic heterocycles. The summed E-state index contributed by atoms with van der Waals surface area (Å²) in [5.41, 5.74) is 1.94. The third-order valence-electron chi connectivity index (χ3n) is 5.06. The molecule has 1 fully saturated rings. The van der Waals surface area contributed by atoms with Crippen LogP contribution in [-0.2, 0) is 22.6 Å². The normalized spacial score (nSPS) is 23.3. The molecular formula is C22H27ClN2O5. The molecule has 0 aromatic heterocycles. The number of methoxy groups -OCH3 is 1. The summed E-state index contributed by atoms with van der Waals surface area (Å²) in [4.78, 5) is 12.2. The van der Waals surface area contributed by atoms with Crippen LogP contribution in [0.4, 0.5) is 0 Å².